The summed E-state index contributed by atoms with van der Waals surface area (Å²) in [5.74, 6) is 0. The molecule has 0 N–H and O–H groups in total. The Balaban J connectivity index is 2.05. The van der Waals surface area contributed by atoms with Gasteiger partial charge in [-0.1, -0.05) is 73.3 Å². The standard InChI is InChI=1S/C17H20Si/c1-13-12-14-8-4-7-11-16(14)17(13)18(2,3)15-9-5-6-10-15/h4-12,15,17H,1-3H3. The summed E-state index contributed by atoms with van der Waals surface area (Å²) >= 11 is 0. The maximum atomic E-state index is 2.53. The van der Waals surface area contributed by atoms with Gasteiger partial charge in [0.1, 0.15) is 0 Å². The van der Waals surface area contributed by atoms with Crippen molar-refractivity contribution in [2.24, 2.45) is 0 Å². The van der Waals surface area contributed by atoms with Crippen molar-refractivity contribution in [1.29, 1.82) is 0 Å². The van der Waals surface area contributed by atoms with Crippen LogP contribution in [0.25, 0.3) is 6.08 Å². The highest BCUT2D eigenvalue weighted by atomic mass is 28.3. The highest BCUT2D eigenvalue weighted by Gasteiger charge is 2.41. The van der Waals surface area contributed by atoms with Gasteiger partial charge in [-0.05, 0) is 23.6 Å². The molecule has 0 aliphatic heterocycles. The summed E-state index contributed by atoms with van der Waals surface area (Å²) in [6.07, 6.45) is 11.6. The van der Waals surface area contributed by atoms with Crippen molar-refractivity contribution in [2.45, 2.75) is 31.1 Å². The van der Waals surface area contributed by atoms with Crippen molar-refractivity contribution in [1.82, 2.24) is 0 Å². The minimum absolute atomic E-state index is 0.672. The van der Waals surface area contributed by atoms with Gasteiger partial charge in [0.25, 0.3) is 0 Å². The van der Waals surface area contributed by atoms with E-state index < -0.39 is 8.07 Å². The zero-order chi connectivity index (χ0) is 12.8. The second-order valence-electron chi connectivity index (χ2n) is 6.07. The molecule has 0 spiro atoms. The smallest absolute Gasteiger partial charge is 0.0710 e. The molecular formula is C17H20Si. The Kier molecular flexibility index (Phi) is 2.67. The maximum absolute atomic E-state index is 2.53. The second kappa shape index (κ2) is 4.10. The average molecular weight is 252 g/mol. The molecule has 1 unspecified atom stereocenters. The molecule has 1 aromatic rings. The number of benzene rings is 1. The molecule has 0 radical (unpaired) electrons. The molecule has 0 bridgehead atoms. The minimum atomic E-state index is -1.39. The van der Waals surface area contributed by atoms with E-state index in [0.29, 0.717) is 11.1 Å². The summed E-state index contributed by atoms with van der Waals surface area (Å²) in [5, 5.41) is 0. The van der Waals surface area contributed by atoms with E-state index in [1.165, 1.54) is 5.56 Å². The normalized spacial score (nSPS) is 22.4. The van der Waals surface area contributed by atoms with E-state index in [-0.39, 0.29) is 0 Å². The van der Waals surface area contributed by atoms with Crippen molar-refractivity contribution in [3.63, 3.8) is 0 Å². The topological polar surface area (TPSA) is 0 Å². The van der Waals surface area contributed by atoms with Gasteiger partial charge in [0.05, 0.1) is 8.07 Å². The van der Waals surface area contributed by atoms with Crippen LogP contribution in [-0.2, 0) is 0 Å². The second-order valence-corrected chi connectivity index (χ2v) is 11.0. The first-order valence-electron chi connectivity index (χ1n) is 6.73. The lowest BCUT2D eigenvalue weighted by Crippen LogP contribution is -2.38. The van der Waals surface area contributed by atoms with Gasteiger partial charge in [-0.15, -0.1) is 0 Å². The quantitative estimate of drug-likeness (QED) is 0.655. The van der Waals surface area contributed by atoms with Gasteiger partial charge >= 0.3 is 0 Å². The first-order valence-corrected chi connectivity index (χ1v) is 9.88. The fraction of sp³-hybridized carbons (Fsp3) is 0.294. The molecule has 0 amide bonds. The van der Waals surface area contributed by atoms with Crippen molar-refractivity contribution in [2.75, 3.05) is 0 Å². The summed E-state index contributed by atoms with van der Waals surface area (Å²) in [6, 6.07) is 8.91. The highest BCUT2D eigenvalue weighted by molar-refractivity contribution is 6.82. The van der Waals surface area contributed by atoms with Gasteiger partial charge in [-0.3, -0.25) is 0 Å². The van der Waals surface area contributed by atoms with Gasteiger partial charge < -0.3 is 0 Å². The number of hydrogen-bond acceptors (Lipinski definition) is 0. The maximum Gasteiger partial charge on any atom is 0.0710 e. The van der Waals surface area contributed by atoms with Gasteiger partial charge in [0.2, 0.25) is 0 Å². The first kappa shape index (κ1) is 11.7. The number of allylic oxidation sites excluding steroid dienone is 5. The van der Waals surface area contributed by atoms with E-state index in [0.717, 1.165) is 0 Å². The molecule has 1 atom stereocenters. The first-order chi connectivity index (χ1) is 8.60. The predicted molar refractivity (Wildman–Crippen MR) is 82.3 cm³/mol. The minimum Gasteiger partial charge on any atom is -0.0803 e. The fourth-order valence-corrected chi connectivity index (χ4v) is 7.51. The molecule has 0 saturated heterocycles. The summed E-state index contributed by atoms with van der Waals surface area (Å²) in [6.45, 7) is 7.37. The summed E-state index contributed by atoms with van der Waals surface area (Å²) < 4.78 is 0. The molecule has 0 fully saturated rings. The molecule has 18 heavy (non-hydrogen) atoms. The van der Waals surface area contributed by atoms with Crippen molar-refractivity contribution < 1.29 is 0 Å². The van der Waals surface area contributed by atoms with E-state index in [9.17, 15) is 0 Å². The van der Waals surface area contributed by atoms with Crippen LogP contribution in [0.1, 0.15) is 23.6 Å². The number of fused-ring (bicyclic) bond motifs is 1. The van der Waals surface area contributed by atoms with Crippen LogP contribution >= 0.6 is 0 Å². The fourth-order valence-electron chi connectivity index (χ4n) is 3.59. The van der Waals surface area contributed by atoms with Crippen molar-refractivity contribution >= 4 is 14.1 Å². The van der Waals surface area contributed by atoms with E-state index in [1.54, 1.807) is 11.1 Å². The van der Waals surface area contributed by atoms with Crippen LogP contribution in [0, 0.1) is 0 Å². The molecular weight excluding hydrogens is 232 g/mol. The zero-order valence-corrected chi connectivity index (χ0v) is 12.4. The van der Waals surface area contributed by atoms with Gasteiger partial charge in [0.15, 0.2) is 0 Å². The largest absolute Gasteiger partial charge is 0.0803 e. The molecule has 0 saturated carbocycles. The number of hydrogen-bond donors (Lipinski definition) is 0. The van der Waals surface area contributed by atoms with Crippen LogP contribution in [0.4, 0.5) is 0 Å². The Morgan fingerprint density at radius 1 is 1.00 bits per heavy atom. The molecule has 0 heterocycles. The van der Waals surface area contributed by atoms with Crippen LogP contribution < -0.4 is 0 Å². The Hall–Kier alpha value is -1.34. The molecule has 92 valence electrons. The summed E-state index contributed by atoms with van der Waals surface area (Å²) in [4.78, 5) is 0. The van der Waals surface area contributed by atoms with E-state index in [2.05, 4.69) is 74.7 Å². The third-order valence-corrected chi connectivity index (χ3v) is 8.85. The lowest BCUT2D eigenvalue weighted by molar-refractivity contribution is 1.03. The summed E-state index contributed by atoms with van der Waals surface area (Å²) in [7, 11) is -1.39. The molecule has 1 aromatic carbocycles. The summed E-state index contributed by atoms with van der Waals surface area (Å²) in [5.41, 5.74) is 5.90. The molecule has 0 aromatic heterocycles. The molecule has 0 nitrogen and oxygen atoms in total. The molecule has 3 rings (SSSR count). The average Bonchev–Trinajstić information content (AvgIpc) is 2.94. The third kappa shape index (κ3) is 1.65. The van der Waals surface area contributed by atoms with Gasteiger partial charge in [0, 0.05) is 5.54 Å². The highest BCUT2D eigenvalue weighted by Crippen LogP contribution is 2.47. The van der Waals surface area contributed by atoms with Crippen LogP contribution in [0.3, 0.4) is 0 Å². The van der Waals surface area contributed by atoms with Crippen LogP contribution in [0.2, 0.25) is 18.6 Å². The lowest BCUT2D eigenvalue weighted by Gasteiger charge is -2.35. The van der Waals surface area contributed by atoms with Gasteiger partial charge in [-0.2, -0.15) is 0 Å². The van der Waals surface area contributed by atoms with Crippen LogP contribution in [-0.4, -0.2) is 8.07 Å². The number of rotatable bonds is 2. The van der Waals surface area contributed by atoms with Crippen molar-refractivity contribution in [3.05, 3.63) is 65.3 Å². The Bertz CT molecular complexity index is 549. The zero-order valence-electron chi connectivity index (χ0n) is 11.4. The van der Waals surface area contributed by atoms with E-state index >= 15 is 0 Å². The van der Waals surface area contributed by atoms with E-state index in [4.69, 9.17) is 0 Å². The Morgan fingerprint density at radius 3 is 2.39 bits per heavy atom. The molecule has 2 aliphatic carbocycles. The monoisotopic (exact) mass is 252 g/mol. The van der Waals surface area contributed by atoms with E-state index in [1.807, 2.05) is 0 Å². The van der Waals surface area contributed by atoms with Crippen LogP contribution in [0.5, 0.6) is 0 Å². The SMILES string of the molecule is CC1=Cc2ccccc2C1[Si](C)(C)C1C=CC=C1. The third-order valence-electron chi connectivity index (χ3n) is 4.50. The molecule has 1 heteroatoms. The van der Waals surface area contributed by atoms with Crippen LogP contribution in [0.15, 0.2) is 54.1 Å². The van der Waals surface area contributed by atoms with Crippen molar-refractivity contribution in [3.8, 4) is 0 Å². The predicted octanol–water partition coefficient (Wildman–Crippen LogP) is 4.93. The van der Waals surface area contributed by atoms with Gasteiger partial charge in [-0.25, -0.2) is 0 Å². The molecule has 2 aliphatic rings. The lowest BCUT2D eigenvalue weighted by atomic mass is 10.1. The Morgan fingerprint density at radius 2 is 1.67 bits per heavy atom. The Labute approximate surface area is 111 Å².